The van der Waals surface area contributed by atoms with Gasteiger partial charge in [-0.3, -0.25) is 0 Å². The maximum absolute atomic E-state index is 13.9. The summed E-state index contributed by atoms with van der Waals surface area (Å²) < 4.78 is 15.4. The van der Waals surface area contributed by atoms with Crippen LogP contribution in [-0.4, -0.2) is 15.6 Å². The summed E-state index contributed by atoms with van der Waals surface area (Å²) in [7, 11) is 0. The second-order valence-electron chi connectivity index (χ2n) is 4.02. The van der Waals surface area contributed by atoms with Gasteiger partial charge in [-0.1, -0.05) is 11.6 Å². The van der Waals surface area contributed by atoms with Crippen LogP contribution in [0.15, 0.2) is 24.3 Å². The molecule has 2 rings (SSSR count). The van der Waals surface area contributed by atoms with Crippen LogP contribution < -0.4 is 0 Å². The minimum Gasteiger partial charge on any atom is -0.478 e. The molecule has 0 unspecified atom stereocenters. The predicted molar refractivity (Wildman–Crippen MR) is 67.2 cm³/mol. The van der Waals surface area contributed by atoms with E-state index in [4.69, 9.17) is 16.7 Å². The smallest absolute Gasteiger partial charge is 0.337 e. The van der Waals surface area contributed by atoms with Crippen LogP contribution in [0, 0.1) is 19.7 Å². The van der Waals surface area contributed by atoms with Crippen molar-refractivity contribution in [1.82, 2.24) is 4.57 Å². The molecular formula is C13H11ClFNO2. The molecule has 0 saturated heterocycles. The van der Waals surface area contributed by atoms with Crippen molar-refractivity contribution < 1.29 is 14.3 Å². The average molecular weight is 268 g/mol. The van der Waals surface area contributed by atoms with Gasteiger partial charge in [-0.15, -0.1) is 0 Å². The van der Waals surface area contributed by atoms with Gasteiger partial charge in [0.05, 0.1) is 11.3 Å². The van der Waals surface area contributed by atoms with Gasteiger partial charge in [-0.25, -0.2) is 9.18 Å². The molecule has 0 bridgehead atoms. The number of aromatic carboxylic acids is 1. The Labute approximate surface area is 108 Å². The van der Waals surface area contributed by atoms with Crippen molar-refractivity contribution in [3.05, 3.63) is 52.1 Å². The van der Waals surface area contributed by atoms with Gasteiger partial charge < -0.3 is 9.67 Å². The fourth-order valence-corrected chi connectivity index (χ4v) is 2.17. The maximum atomic E-state index is 13.9. The van der Waals surface area contributed by atoms with Crippen LogP contribution >= 0.6 is 11.6 Å². The molecule has 1 aromatic carbocycles. The van der Waals surface area contributed by atoms with Crippen LogP contribution in [0.1, 0.15) is 21.7 Å². The van der Waals surface area contributed by atoms with E-state index >= 15 is 0 Å². The molecule has 0 radical (unpaired) electrons. The van der Waals surface area contributed by atoms with Crippen molar-refractivity contribution in [2.45, 2.75) is 13.8 Å². The van der Waals surface area contributed by atoms with Crippen LogP contribution in [0.25, 0.3) is 5.69 Å². The summed E-state index contributed by atoms with van der Waals surface area (Å²) in [6, 6.07) is 5.82. The van der Waals surface area contributed by atoms with Crippen molar-refractivity contribution in [1.29, 1.82) is 0 Å². The van der Waals surface area contributed by atoms with E-state index < -0.39 is 11.8 Å². The number of carbonyl (C=O) groups is 1. The van der Waals surface area contributed by atoms with E-state index in [0.29, 0.717) is 22.1 Å². The van der Waals surface area contributed by atoms with E-state index in [1.165, 1.54) is 18.2 Å². The number of halogens is 2. The molecule has 0 fully saturated rings. The molecule has 1 heterocycles. The molecule has 1 aromatic heterocycles. The number of rotatable bonds is 2. The molecule has 5 heteroatoms. The van der Waals surface area contributed by atoms with Crippen molar-refractivity contribution in [2.75, 3.05) is 0 Å². The van der Waals surface area contributed by atoms with E-state index in [-0.39, 0.29) is 5.56 Å². The van der Waals surface area contributed by atoms with Gasteiger partial charge >= 0.3 is 5.97 Å². The largest absolute Gasteiger partial charge is 0.478 e. The average Bonchev–Trinajstić information content (AvgIpc) is 2.56. The van der Waals surface area contributed by atoms with Gasteiger partial charge in [-0.05, 0) is 38.1 Å². The summed E-state index contributed by atoms with van der Waals surface area (Å²) in [5, 5.41) is 9.34. The van der Waals surface area contributed by atoms with Gasteiger partial charge in [0, 0.05) is 16.4 Å². The van der Waals surface area contributed by atoms with Crippen LogP contribution in [-0.2, 0) is 0 Å². The van der Waals surface area contributed by atoms with Gasteiger partial charge in [0.15, 0.2) is 0 Å². The van der Waals surface area contributed by atoms with Crippen molar-refractivity contribution in [3.8, 4) is 5.69 Å². The topological polar surface area (TPSA) is 42.2 Å². The normalized spacial score (nSPS) is 10.7. The molecule has 0 aliphatic heterocycles. The lowest BCUT2D eigenvalue weighted by Crippen LogP contribution is -2.04. The second kappa shape index (κ2) is 4.46. The lowest BCUT2D eigenvalue weighted by atomic mass is 10.2. The molecule has 18 heavy (non-hydrogen) atoms. The van der Waals surface area contributed by atoms with E-state index in [2.05, 4.69) is 0 Å². The Morgan fingerprint density at radius 2 is 2.00 bits per heavy atom. The zero-order chi connectivity index (χ0) is 13.4. The number of hydrogen-bond donors (Lipinski definition) is 1. The van der Waals surface area contributed by atoms with Gasteiger partial charge in [0.25, 0.3) is 0 Å². The Hall–Kier alpha value is -1.81. The first-order valence-corrected chi connectivity index (χ1v) is 5.67. The van der Waals surface area contributed by atoms with Gasteiger partial charge in [-0.2, -0.15) is 0 Å². The number of nitrogens with zero attached hydrogens (tertiary/aromatic N) is 1. The number of carboxylic acid groups (broad SMARTS) is 1. The van der Waals surface area contributed by atoms with Gasteiger partial charge in [0.2, 0.25) is 0 Å². The lowest BCUT2D eigenvalue weighted by molar-refractivity contribution is 0.0696. The predicted octanol–water partition coefficient (Wildman–Crippen LogP) is 3.58. The van der Waals surface area contributed by atoms with Crippen LogP contribution in [0.2, 0.25) is 5.02 Å². The van der Waals surface area contributed by atoms with Crippen LogP contribution in [0.5, 0.6) is 0 Å². The Morgan fingerprint density at radius 3 is 2.50 bits per heavy atom. The Morgan fingerprint density at radius 1 is 1.33 bits per heavy atom. The first kappa shape index (κ1) is 12.6. The lowest BCUT2D eigenvalue weighted by Gasteiger charge is -2.10. The Bertz CT molecular complexity index is 634. The van der Waals surface area contributed by atoms with E-state index in [1.807, 2.05) is 0 Å². The number of aryl methyl sites for hydroxylation is 1. The van der Waals surface area contributed by atoms with E-state index in [0.717, 1.165) is 0 Å². The highest BCUT2D eigenvalue weighted by molar-refractivity contribution is 6.30. The number of aromatic nitrogens is 1. The molecular weight excluding hydrogens is 257 g/mol. The summed E-state index contributed by atoms with van der Waals surface area (Å²) in [6.45, 7) is 3.37. The molecule has 0 aliphatic carbocycles. The molecule has 1 N–H and O–H groups in total. The van der Waals surface area contributed by atoms with Crippen molar-refractivity contribution in [3.63, 3.8) is 0 Å². The SMILES string of the molecule is Cc1cc(C(=O)O)c(C)n1-c1ccc(Cl)cc1F. The molecule has 3 nitrogen and oxygen atoms in total. The Balaban J connectivity index is 2.68. The fourth-order valence-electron chi connectivity index (χ4n) is 2.01. The molecule has 0 amide bonds. The maximum Gasteiger partial charge on any atom is 0.337 e. The van der Waals surface area contributed by atoms with Crippen molar-refractivity contribution >= 4 is 17.6 Å². The first-order chi connectivity index (χ1) is 8.41. The summed E-state index contributed by atoms with van der Waals surface area (Å²) in [5.41, 5.74) is 1.61. The highest BCUT2D eigenvalue weighted by Crippen LogP contribution is 2.24. The van der Waals surface area contributed by atoms with Gasteiger partial charge in [0.1, 0.15) is 5.82 Å². The second-order valence-corrected chi connectivity index (χ2v) is 4.46. The quantitative estimate of drug-likeness (QED) is 0.904. The zero-order valence-electron chi connectivity index (χ0n) is 9.87. The minimum absolute atomic E-state index is 0.168. The summed E-state index contributed by atoms with van der Waals surface area (Å²) in [6.07, 6.45) is 0. The van der Waals surface area contributed by atoms with Crippen LogP contribution in [0.4, 0.5) is 4.39 Å². The standard InChI is InChI=1S/C13H11ClFNO2/c1-7-5-10(13(17)18)8(2)16(7)12-4-3-9(14)6-11(12)15/h3-6H,1-2H3,(H,17,18). The number of hydrogen-bond acceptors (Lipinski definition) is 1. The molecule has 0 spiro atoms. The van der Waals surface area contributed by atoms with Crippen LogP contribution in [0.3, 0.4) is 0 Å². The molecule has 0 saturated carbocycles. The summed E-state index contributed by atoms with van der Waals surface area (Å²) in [4.78, 5) is 11.0. The third-order valence-electron chi connectivity index (χ3n) is 2.81. The third kappa shape index (κ3) is 1.99. The number of benzene rings is 1. The number of carboxylic acids is 1. The zero-order valence-corrected chi connectivity index (χ0v) is 10.6. The molecule has 0 atom stereocenters. The highest BCUT2D eigenvalue weighted by Gasteiger charge is 2.17. The molecule has 2 aromatic rings. The molecule has 0 aliphatic rings. The Kier molecular flexibility index (Phi) is 3.13. The monoisotopic (exact) mass is 267 g/mol. The first-order valence-electron chi connectivity index (χ1n) is 5.29. The highest BCUT2D eigenvalue weighted by atomic mass is 35.5. The molecule has 94 valence electrons. The van der Waals surface area contributed by atoms with Crippen molar-refractivity contribution in [2.24, 2.45) is 0 Å². The third-order valence-corrected chi connectivity index (χ3v) is 3.05. The fraction of sp³-hybridized carbons (Fsp3) is 0.154. The minimum atomic E-state index is -1.02. The van der Waals surface area contributed by atoms with E-state index in [1.54, 1.807) is 24.5 Å². The van der Waals surface area contributed by atoms with E-state index in [9.17, 15) is 9.18 Å². The summed E-state index contributed by atoms with van der Waals surface area (Å²) in [5.74, 6) is -1.51. The summed E-state index contributed by atoms with van der Waals surface area (Å²) >= 11 is 5.70.